The number of aliphatic imine (C=N–C) groups is 1. The van der Waals surface area contributed by atoms with Crippen LogP contribution in [0.5, 0.6) is 11.5 Å². The molecule has 5 aliphatic rings. The number of Topliss-reactive ketones (excluding diaryl/α,β-unsaturated/α-hetero) is 2. The lowest BCUT2D eigenvalue weighted by molar-refractivity contribution is -0.163. The fourth-order valence-electron chi connectivity index (χ4n) is 10.2. The molecule has 4 aliphatic heterocycles. The highest BCUT2D eigenvalue weighted by atomic mass is 16.7. The lowest BCUT2D eigenvalue weighted by Gasteiger charge is -2.38. The number of piperidine rings is 1. The van der Waals surface area contributed by atoms with Crippen LogP contribution in [0.1, 0.15) is 119 Å². The standard InChI is InChI=1S/C53H76N6O12/c1-28(2)27-59-23-20-53(21-24-59)56-41-38-39-46(64)34(8)49-40(38)50(66)52(9,71-49)69-26-19-35(68-12)31(5)48(70-37(61)18-14-17-36(60)54-22-25-58(10)11)33(7)45(63)32(6)44(62)29(3)15-13-16-30(4)51(67)55-43(47(39)65)42(41)57-53/h13,15-16,19,26,28-29,31-33,35,44-45,48,57,62-64H,14,17-18,20-25,27H2,1-12H3,(H,54,60)(H,55,67)/b15-13+,26-19+,30-16-/t29-,31+,32+,33+,35-,44-,45+,48+,52-/m0/s1. The number of fused-ring (bicyclic) bond motifs is 3. The maximum Gasteiger partial charge on any atom is 0.312 e. The van der Waals surface area contributed by atoms with Crippen molar-refractivity contribution in [3.05, 3.63) is 69.8 Å². The number of esters is 1. The third-order valence-electron chi connectivity index (χ3n) is 14.6. The van der Waals surface area contributed by atoms with E-state index in [2.05, 4.69) is 34.7 Å². The molecule has 9 atom stereocenters. The van der Waals surface area contributed by atoms with E-state index < -0.39 is 88.7 Å². The van der Waals surface area contributed by atoms with Crippen molar-refractivity contribution in [2.24, 2.45) is 34.6 Å². The smallest absolute Gasteiger partial charge is 0.312 e. The van der Waals surface area contributed by atoms with Crippen molar-refractivity contribution in [1.82, 2.24) is 25.8 Å². The Labute approximate surface area is 418 Å². The molecular formula is C53H76N6O12. The van der Waals surface area contributed by atoms with Crippen LogP contribution in [0.3, 0.4) is 0 Å². The fraction of sp³-hybridized carbons (Fsp3) is 0.623. The van der Waals surface area contributed by atoms with Crippen molar-refractivity contribution in [3.8, 4) is 11.5 Å². The Bertz CT molecular complexity index is 2380. The second-order valence-corrected chi connectivity index (χ2v) is 20.9. The first-order chi connectivity index (χ1) is 33.4. The summed E-state index contributed by atoms with van der Waals surface area (Å²) in [6.45, 7) is 19.3. The Morgan fingerprint density at radius 1 is 0.972 bits per heavy atom. The number of phenols is 1. The number of hydrogen-bond donors (Lipinski definition) is 6. The quantitative estimate of drug-likeness (QED) is 0.168. The maximum atomic E-state index is 14.9. The highest BCUT2D eigenvalue weighted by Crippen LogP contribution is 2.50. The molecule has 1 aromatic carbocycles. The Morgan fingerprint density at radius 2 is 1.66 bits per heavy atom. The molecule has 71 heavy (non-hydrogen) atoms. The minimum atomic E-state index is -2.01. The number of aliphatic hydroxyl groups is 2. The van der Waals surface area contributed by atoms with Crippen molar-refractivity contribution in [1.29, 1.82) is 0 Å². The molecule has 0 aromatic heterocycles. The van der Waals surface area contributed by atoms with Gasteiger partial charge in [0, 0.05) is 113 Å². The summed E-state index contributed by atoms with van der Waals surface area (Å²) < 4.78 is 24.6. The summed E-state index contributed by atoms with van der Waals surface area (Å²) >= 11 is 0. The van der Waals surface area contributed by atoms with Gasteiger partial charge in [0.05, 0.1) is 47.1 Å². The highest BCUT2D eigenvalue weighted by Gasteiger charge is 2.54. The predicted molar refractivity (Wildman–Crippen MR) is 267 cm³/mol. The summed E-state index contributed by atoms with van der Waals surface area (Å²) in [5.74, 6) is -7.45. The summed E-state index contributed by atoms with van der Waals surface area (Å²) in [7, 11) is 5.26. The molecule has 18 heteroatoms. The number of nitrogens with zero attached hydrogens (tertiary/aromatic N) is 3. The van der Waals surface area contributed by atoms with Gasteiger partial charge in [-0.3, -0.25) is 29.0 Å². The number of allylic oxidation sites excluding steroid dienone is 4. The number of amides is 2. The molecule has 2 amide bonds. The number of rotatable bonds is 11. The van der Waals surface area contributed by atoms with E-state index in [4.69, 9.17) is 23.9 Å². The number of ketones is 2. The Morgan fingerprint density at radius 3 is 2.31 bits per heavy atom. The molecule has 1 aromatic rings. The number of ether oxygens (including phenoxy) is 4. The van der Waals surface area contributed by atoms with Gasteiger partial charge in [-0.15, -0.1) is 0 Å². The third kappa shape index (κ3) is 11.8. The number of phenolic OH excluding ortho intramolecular Hbond substituents is 1. The molecule has 18 nitrogen and oxygen atoms in total. The van der Waals surface area contributed by atoms with E-state index in [0.717, 1.165) is 6.54 Å². The Kier molecular flexibility index (Phi) is 17.5. The van der Waals surface area contributed by atoms with Crippen molar-refractivity contribution in [2.45, 2.75) is 130 Å². The molecule has 1 fully saturated rings. The molecule has 1 spiro atoms. The van der Waals surface area contributed by atoms with Crippen LogP contribution in [-0.2, 0) is 28.6 Å². The van der Waals surface area contributed by atoms with E-state index in [-0.39, 0.29) is 75.9 Å². The number of carbonyl (C=O) groups excluding carboxylic acids is 5. The number of aliphatic hydroxyl groups excluding tert-OH is 2. The van der Waals surface area contributed by atoms with Crippen LogP contribution < -0.4 is 20.7 Å². The van der Waals surface area contributed by atoms with Gasteiger partial charge < -0.3 is 60.0 Å². The van der Waals surface area contributed by atoms with E-state index in [9.17, 15) is 39.3 Å². The number of hydrogen-bond acceptors (Lipinski definition) is 16. The van der Waals surface area contributed by atoms with Crippen molar-refractivity contribution in [2.75, 3.05) is 53.9 Å². The fourth-order valence-corrected chi connectivity index (χ4v) is 10.2. The maximum absolute atomic E-state index is 14.9. The lowest BCUT2D eigenvalue weighted by atomic mass is 9.78. The molecule has 0 radical (unpaired) electrons. The average Bonchev–Trinajstić information content (AvgIpc) is 3.82. The van der Waals surface area contributed by atoms with Crippen LogP contribution in [0.2, 0.25) is 0 Å². The molecular weight excluding hydrogens is 913 g/mol. The highest BCUT2D eigenvalue weighted by molar-refractivity contribution is 6.34. The largest absolute Gasteiger partial charge is 0.507 e. The van der Waals surface area contributed by atoms with Gasteiger partial charge in [0.15, 0.2) is 0 Å². The molecule has 1 saturated heterocycles. The van der Waals surface area contributed by atoms with Crippen LogP contribution >= 0.6 is 0 Å². The van der Waals surface area contributed by atoms with Gasteiger partial charge in [0.2, 0.25) is 11.7 Å². The number of likely N-dealkylation sites (tertiary alicyclic amines) is 1. The summed E-state index contributed by atoms with van der Waals surface area (Å²) in [5, 5.41) is 44.5. The van der Waals surface area contributed by atoms with E-state index in [1.807, 2.05) is 19.0 Å². The third-order valence-corrected chi connectivity index (χ3v) is 14.6. The minimum Gasteiger partial charge on any atom is -0.507 e. The number of aromatic hydroxyl groups is 1. The normalized spacial score (nSPS) is 30.7. The van der Waals surface area contributed by atoms with Crippen molar-refractivity contribution < 1.29 is 58.2 Å². The van der Waals surface area contributed by atoms with Crippen LogP contribution in [0, 0.1) is 36.5 Å². The predicted octanol–water partition coefficient (Wildman–Crippen LogP) is 4.44. The molecule has 1 aliphatic carbocycles. The first-order valence-electron chi connectivity index (χ1n) is 25.0. The molecule has 6 N–H and O–H groups in total. The number of carbonyl (C=O) groups is 5. The first kappa shape index (κ1) is 54.9. The second kappa shape index (κ2) is 22.6. The van der Waals surface area contributed by atoms with E-state index >= 15 is 0 Å². The Hall–Kier alpha value is -5.40. The van der Waals surface area contributed by atoms with Gasteiger partial charge in [0.1, 0.15) is 29.0 Å². The van der Waals surface area contributed by atoms with Gasteiger partial charge in [-0.05, 0) is 46.4 Å². The van der Waals surface area contributed by atoms with Gasteiger partial charge >= 0.3 is 11.8 Å². The number of benzene rings is 1. The van der Waals surface area contributed by atoms with Crippen molar-refractivity contribution in [3.63, 3.8) is 0 Å². The van der Waals surface area contributed by atoms with Gasteiger partial charge in [-0.1, -0.05) is 59.8 Å². The molecule has 390 valence electrons. The summed E-state index contributed by atoms with van der Waals surface area (Å²) in [4.78, 5) is 79.3. The number of likely N-dealkylation sites (N-methyl/N-ethyl adjacent to an activating group) is 1. The molecule has 5 bridgehead atoms. The number of nitrogens with one attached hydrogen (secondary N) is 3. The van der Waals surface area contributed by atoms with Crippen molar-refractivity contribution >= 4 is 35.1 Å². The molecule has 4 heterocycles. The van der Waals surface area contributed by atoms with E-state index in [1.54, 1.807) is 52.8 Å². The van der Waals surface area contributed by atoms with Gasteiger partial charge in [-0.2, -0.15) is 0 Å². The average molecular weight is 989 g/mol. The van der Waals surface area contributed by atoms with Crippen LogP contribution in [0.15, 0.2) is 52.5 Å². The topological polar surface area (TPSA) is 238 Å². The lowest BCUT2D eigenvalue weighted by Crippen LogP contribution is -2.50. The Balaban J connectivity index is 1.39. The zero-order chi connectivity index (χ0) is 52.3. The SMILES string of the molecule is CO[C@H]1/C=C/O[C@@]2(C)Oc3c(C)c(O)c4c(c3C2=O)C2=NC3(CCN(CC(C)C)CC3)NC2=C(NC(=O)/C(C)=C\C=C\[C@H](C)[C@H](O)[C@@H](C)[C@@H](O)[C@@H](C)[C@H](OC(=O)CCCC(=O)NCCN(C)C)[C@@H]1C)C4=O. The number of methoxy groups -OCH3 is 1. The van der Waals surface area contributed by atoms with Crippen LogP contribution in [0.4, 0.5) is 0 Å². The zero-order valence-corrected chi connectivity index (χ0v) is 43.5. The monoisotopic (exact) mass is 989 g/mol. The minimum absolute atomic E-state index is 0.00383. The van der Waals surface area contributed by atoms with E-state index in [0.29, 0.717) is 44.9 Å². The second-order valence-electron chi connectivity index (χ2n) is 20.9. The van der Waals surface area contributed by atoms with Crippen LogP contribution in [0.25, 0.3) is 0 Å². The first-order valence-corrected chi connectivity index (χ1v) is 25.0. The molecule has 0 saturated carbocycles. The summed E-state index contributed by atoms with van der Waals surface area (Å²) in [6.07, 6.45) is 4.92. The van der Waals surface area contributed by atoms with Gasteiger partial charge in [0.25, 0.3) is 11.7 Å². The molecule has 6 rings (SSSR count). The zero-order valence-electron chi connectivity index (χ0n) is 43.5. The summed E-state index contributed by atoms with van der Waals surface area (Å²) in [5.41, 5.74) is -0.351. The molecule has 0 unspecified atom stereocenters. The van der Waals surface area contributed by atoms with Crippen LogP contribution in [-0.4, -0.2) is 150 Å². The van der Waals surface area contributed by atoms with Gasteiger partial charge in [-0.25, -0.2) is 0 Å². The van der Waals surface area contributed by atoms with E-state index in [1.165, 1.54) is 33.3 Å². The summed E-state index contributed by atoms with van der Waals surface area (Å²) in [6, 6.07) is 0.